The van der Waals surface area contributed by atoms with Gasteiger partial charge in [0.1, 0.15) is 0 Å². The summed E-state index contributed by atoms with van der Waals surface area (Å²) in [7, 11) is 0. The van der Waals surface area contributed by atoms with Crippen LogP contribution in [0.15, 0.2) is 0 Å². The summed E-state index contributed by atoms with van der Waals surface area (Å²) in [6, 6.07) is 0. The molecule has 0 aromatic heterocycles. The number of amides is 2. The van der Waals surface area contributed by atoms with Crippen LogP contribution >= 0.6 is 0 Å². The van der Waals surface area contributed by atoms with Gasteiger partial charge in [-0.25, -0.2) is 0 Å². The van der Waals surface area contributed by atoms with E-state index in [4.69, 9.17) is 0 Å². The summed E-state index contributed by atoms with van der Waals surface area (Å²) in [5.41, 5.74) is 0. The average Bonchev–Trinajstić information content (AvgIpc) is 2.15. The Labute approximate surface area is 96.6 Å². The highest BCUT2D eigenvalue weighted by molar-refractivity contribution is 5.83. The van der Waals surface area contributed by atoms with Crippen LogP contribution in [0, 0.1) is 11.8 Å². The van der Waals surface area contributed by atoms with Crippen LogP contribution in [0.5, 0.6) is 0 Å². The topological polar surface area (TPSA) is 40.6 Å². The van der Waals surface area contributed by atoms with Gasteiger partial charge in [0.15, 0.2) is 0 Å². The third kappa shape index (κ3) is 2.20. The summed E-state index contributed by atoms with van der Waals surface area (Å²) >= 11 is 0. The number of carbonyl (C=O) groups is 2. The van der Waals surface area contributed by atoms with E-state index in [2.05, 4.69) is 6.92 Å². The molecule has 0 radical (unpaired) electrons. The zero-order valence-corrected chi connectivity index (χ0v) is 10.1. The summed E-state index contributed by atoms with van der Waals surface area (Å²) in [6.07, 6.45) is 2.24. The quantitative estimate of drug-likeness (QED) is 0.658. The number of likely N-dealkylation sites (tertiary alicyclic amines) is 2. The summed E-state index contributed by atoms with van der Waals surface area (Å²) in [4.78, 5) is 26.8. The Kier molecular flexibility index (Phi) is 3.17. The highest BCUT2D eigenvalue weighted by Gasteiger charge is 2.37. The lowest BCUT2D eigenvalue weighted by Gasteiger charge is -2.41. The molecule has 0 aromatic rings. The lowest BCUT2D eigenvalue weighted by Crippen LogP contribution is -2.56. The molecule has 2 fully saturated rings. The molecule has 4 nitrogen and oxygen atoms in total. The number of nitrogens with zero attached hydrogens (tertiary/aromatic N) is 2. The molecule has 2 heterocycles. The number of hydrogen-bond acceptors (Lipinski definition) is 2. The third-order valence-electron chi connectivity index (χ3n) is 3.77. The Hall–Kier alpha value is -1.06. The number of piperidine rings is 1. The molecule has 90 valence electrons. The van der Waals surface area contributed by atoms with Gasteiger partial charge < -0.3 is 9.80 Å². The number of hydrogen-bond donors (Lipinski definition) is 0. The fourth-order valence-corrected chi connectivity index (χ4v) is 2.38. The van der Waals surface area contributed by atoms with Gasteiger partial charge >= 0.3 is 0 Å². The Balaban J connectivity index is 1.79. The maximum Gasteiger partial charge on any atom is 0.229 e. The van der Waals surface area contributed by atoms with Gasteiger partial charge in [-0.3, -0.25) is 9.59 Å². The van der Waals surface area contributed by atoms with E-state index in [1.54, 1.807) is 11.8 Å². The largest absolute Gasteiger partial charge is 0.342 e. The Morgan fingerprint density at radius 2 is 1.62 bits per heavy atom. The van der Waals surface area contributed by atoms with E-state index >= 15 is 0 Å². The SMILES string of the molecule is CC(=O)N1CC(C(=O)N2CCC(C)CC2)C1. The van der Waals surface area contributed by atoms with Gasteiger partial charge in [0, 0.05) is 33.1 Å². The van der Waals surface area contributed by atoms with Crippen LogP contribution in [-0.2, 0) is 9.59 Å². The molecule has 0 aliphatic carbocycles. The van der Waals surface area contributed by atoms with E-state index < -0.39 is 0 Å². The van der Waals surface area contributed by atoms with Crippen LogP contribution in [-0.4, -0.2) is 47.8 Å². The van der Waals surface area contributed by atoms with Gasteiger partial charge in [-0.1, -0.05) is 6.92 Å². The summed E-state index contributed by atoms with van der Waals surface area (Å²) < 4.78 is 0. The molecule has 16 heavy (non-hydrogen) atoms. The molecule has 0 saturated carbocycles. The average molecular weight is 224 g/mol. The monoisotopic (exact) mass is 224 g/mol. The minimum absolute atomic E-state index is 0.0670. The first-order valence-electron chi connectivity index (χ1n) is 6.12. The van der Waals surface area contributed by atoms with Crippen molar-refractivity contribution >= 4 is 11.8 Å². The maximum absolute atomic E-state index is 12.0. The van der Waals surface area contributed by atoms with Crippen molar-refractivity contribution in [2.24, 2.45) is 11.8 Å². The molecule has 2 rings (SSSR count). The molecule has 0 atom stereocenters. The highest BCUT2D eigenvalue weighted by atomic mass is 16.2. The standard InChI is InChI=1S/C12H20N2O2/c1-9-3-5-13(6-4-9)12(16)11-7-14(8-11)10(2)15/h9,11H,3-8H2,1-2H3. The third-order valence-corrected chi connectivity index (χ3v) is 3.77. The zero-order chi connectivity index (χ0) is 11.7. The van der Waals surface area contributed by atoms with Crippen LogP contribution in [0.3, 0.4) is 0 Å². The Morgan fingerprint density at radius 3 is 2.12 bits per heavy atom. The second-order valence-electron chi connectivity index (χ2n) is 5.13. The molecular formula is C12H20N2O2. The fraction of sp³-hybridized carbons (Fsp3) is 0.833. The smallest absolute Gasteiger partial charge is 0.229 e. The van der Waals surface area contributed by atoms with Crippen LogP contribution in [0.2, 0.25) is 0 Å². The molecule has 0 unspecified atom stereocenters. The Morgan fingerprint density at radius 1 is 1.06 bits per heavy atom. The van der Waals surface area contributed by atoms with Crippen molar-refractivity contribution in [3.05, 3.63) is 0 Å². The summed E-state index contributed by atoms with van der Waals surface area (Å²) in [5.74, 6) is 1.15. The van der Waals surface area contributed by atoms with E-state index in [0.717, 1.165) is 31.8 Å². The molecule has 2 saturated heterocycles. The molecule has 0 N–H and O–H groups in total. The van der Waals surface area contributed by atoms with Crippen molar-refractivity contribution in [3.8, 4) is 0 Å². The van der Waals surface area contributed by atoms with Gasteiger partial charge in [-0.2, -0.15) is 0 Å². The van der Waals surface area contributed by atoms with Crippen LogP contribution in [0.25, 0.3) is 0 Å². The number of carbonyl (C=O) groups excluding carboxylic acids is 2. The van der Waals surface area contributed by atoms with E-state index in [9.17, 15) is 9.59 Å². The van der Waals surface area contributed by atoms with E-state index in [-0.39, 0.29) is 17.7 Å². The molecule has 4 heteroatoms. The summed E-state index contributed by atoms with van der Waals surface area (Å²) in [5, 5.41) is 0. The zero-order valence-electron chi connectivity index (χ0n) is 10.1. The highest BCUT2D eigenvalue weighted by Crippen LogP contribution is 2.22. The molecule has 0 aromatic carbocycles. The fourth-order valence-electron chi connectivity index (χ4n) is 2.38. The second-order valence-corrected chi connectivity index (χ2v) is 5.13. The van der Waals surface area contributed by atoms with Crippen molar-refractivity contribution in [1.29, 1.82) is 0 Å². The van der Waals surface area contributed by atoms with Crippen molar-refractivity contribution in [1.82, 2.24) is 9.80 Å². The number of rotatable bonds is 1. The first kappa shape index (κ1) is 11.4. The normalized spacial score (nSPS) is 23.1. The van der Waals surface area contributed by atoms with E-state index in [0.29, 0.717) is 13.1 Å². The molecule has 2 amide bonds. The van der Waals surface area contributed by atoms with E-state index in [1.807, 2.05) is 4.90 Å². The first-order chi connectivity index (χ1) is 7.58. The van der Waals surface area contributed by atoms with Crippen molar-refractivity contribution < 1.29 is 9.59 Å². The van der Waals surface area contributed by atoms with Crippen LogP contribution < -0.4 is 0 Å². The van der Waals surface area contributed by atoms with Gasteiger partial charge in [0.25, 0.3) is 0 Å². The minimum atomic E-state index is 0.0670. The maximum atomic E-state index is 12.0. The van der Waals surface area contributed by atoms with Crippen LogP contribution in [0.4, 0.5) is 0 Å². The second kappa shape index (κ2) is 4.44. The van der Waals surface area contributed by atoms with Crippen molar-refractivity contribution in [3.63, 3.8) is 0 Å². The molecular weight excluding hydrogens is 204 g/mol. The van der Waals surface area contributed by atoms with E-state index in [1.165, 1.54) is 0 Å². The first-order valence-corrected chi connectivity index (χ1v) is 6.12. The predicted octanol–water partition coefficient (Wildman–Crippen LogP) is 0.723. The Bertz CT molecular complexity index is 289. The van der Waals surface area contributed by atoms with Gasteiger partial charge in [0.2, 0.25) is 11.8 Å². The molecule has 2 aliphatic heterocycles. The predicted molar refractivity (Wildman–Crippen MR) is 60.7 cm³/mol. The lowest BCUT2D eigenvalue weighted by molar-refractivity contribution is -0.148. The molecule has 2 aliphatic rings. The minimum Gasteiger partial charge on any atom is -0.342 e. The summed E-state index contributed by atoms with van der Waals surface area (Å²) in [6.45, 7) is 6.85. The van der Waals surface area contributed by atoms with Gasteiger partial charge in [-0.05, 0) is 18.8 Å². The lowest BCUT2D eigenvalue weighted by atomic mass is 9.94. The van der Waals surface area contributed by atoms with Crippen LogP contribution in [0.1, 0.15) is 26.7 Å². The van der Waals surface area contributed by atoms with Gasteiger partial charge in [-0.15, -0.1) is 0 Å². The molecule has 0 bridgehead atoms. The van der Waals surface area contributed by atoms with Crippen molar-refractivity contribution in [2.45, 2.75) is 26.7 Å². The van der Waals surface area contributed by atoms with Crippen molar-refractivity contribution in [2.75, 3.05) is 26.2 Å². The van der Waals surface area contributed by atoms with Gasteiger partial charge in [0.05, 0.1) is 5.92 Å². The molecule has 0 spiro atoms.